The summed E-state index contributed by atoms with van der Waals surface area (Å²) in [5.74, 6) is 0. The number of fused-ring (bicyclic) bond motifs is 1. The quantitative estimate of drug-likeness (QED) is 0.723. The van der Waals surface area contributed by atoms with Crippen molar-refractivity contribution in [1.29, 1.82) is 0 Å². The number of nitrogens with zero attached hydrogens (tertiary/aromatic N) is 1. The van der Waals surface area contributed by atoms with Crippen LogP contribution in [0.4, 0.5) is 0 Å². The van der Waals surface area contributed by atoms with Gasteiger partial charge in [0.15, 0.2) is 0 Å². The molecular weight excluding hydrogens is 162 g/mol. The van der Waals surface area contributed by atoms with Crippen LogP contribution in [0.15, 0.2) is 6.33 Å². The molecule has 0 amide bonds. The smallest absolute Gasteiger partial charge is 0.0926 e. The van der Waals surface area contributed by atoms with E-state index < -0.39 is 0 Å². The first kappa shape index (κ1) is 8.75. The Bertz CT molecular complexity index is 286. The Morgan fingerprint density at radius 1 is 1.46 bits per heavy atom. The van der Waals surface area contributed by atoms with E-state index in [0.29, 0.717) is 0 Å². The van der Waals surface area contributed by atoms with Gasteiger partial charge in [-0.15, -0.1) is 0 Å². The minimum Gasteiger partial charge on any atom is -0.348 e. The number of hydrogen-bond donors (Lipinski definition) is 2. The van der Waals surface area contributed by atoms with Crippen molar-refractivity contribution >= 4 is 0 Å². The molecule has 3 heteroatoms. The second-order valence-electron chi connectivity index (χ2n) is 3.70. The Balaban J connectivity index is 2.43. The van der Waals surface area contributed by atoms with Gasteiger partial charge in [0.1, 0.15) is 0 Å². The Kier molecular flexibility index (Phi) is 2.12. The van der Waals surface area contributed by atoms with Gasteiger partial charge in [0.05, 0.1) is 17.6 Å². The van der Waals surface area contributed by atoms with Crippen LogP contribution >= 0.6 is 0 Å². The molecule has 2 N–H and O–H groups in total. The number of hydrogen-bond acceptors (Lipinski definition) is 2. The van der Waals surface area contributed by atoms with Crippen molar-refractivity contribution in [3.8, 4) is 0 Å². The molecule has 13 heavy (non-hydrogen) atoms. The van der Waals surface area contributed by atoms with Crippen molar-refractivity contribution < 1.29 is 0 Å². The third-order valence-electron chi connectivity index (χ3n) is 3.22. The SMILES string of the molecule is CCC1(CC)NCCc2[nH]cnc21. The average Bonchev–Trinajstić information content (AvgIpc) is 2.65. The van der Waals surface area contributed by atoms with Gasteiger partial charge in [0.25, 0.3) is 0 Å². The van der Waals surface area contributed by atoms with E-state index in [4.69, 9.17) is 0 Å². The fraction of sp³-hybridized carbons (Fsp3) is 0.700. The monoisotopic (exact) mass is 179 g/mol. The zero-order valence-electron chi connectivity index (χ0n) is 8.35. The third kappa shape index (κ3) is 1.18. The molecule has 1 aliphatic heterocycles. The van der Waals surface area contributed by atoms with Crippen molar-refractivity contribution in [3.63, 3.8) is 0 Å². The van der Waals surface area contributed by atoms with Crippen LogP contribution in [0, 0.1) is 0 Å². The molecule has 72 valence electrons. The molecule has 2 heterocycles. The number of rotatable bonds is 2. The number of imidazole rings is 1. The summed E-state index contributed by atoms with van der Waals surface area (Å²) in [5, 5.41) is 3.59. The molecule has 0 radical (unpaired) electrons. The minimum absolute atomic E-state index is 0.133. The first-order chi connectivity index (χ1) is 6.32. The summed E-state index contributed by atoms with van der Waals surface area (Å²) in [5.41, 5.74) is 2.69. The normalized spacial score (nSPS) is 19.8. The molecule has 0 saturated carbocycles. The maximum absolute atomic E-state index is 4.43. The van der Waals surface area contributed by atoms with Crippen LogP contribution in [0.1, 0.15) is 38.1 Å². The second kappa shape index (κ2) is 3.14. The van der Waals surface area contributed by atoms with E-state index >= 15 is 0 Å². The molecule has 0 fully saturated rings. The predicted octanol–water partition coefficient (Wildman–Crippen LogP) is 1.57. The number of aromatic amines is 1. The standard InChI is InChI=1S/C10H17N3/c1-3-10(4-2)9-8(5-6-13-10)11-7-12-9/h7,13H,3-6H2,1-2H3,(H,11,12). The Morgan fingerprint density at radius 2 is 2.23 bits per heavy atom. The highest BCUT2D eigenvalue weighted by Gasteiger charge is 2.34. The summed E-state index contributed by atoms with van der Waals surface area (Å²) < 4.78 is 0. The van der Waals surface area contributed by atoms with Crippen LogP contribution in [0.3, 0.4) is 0 Å². The van der Waals surface area contributed by atoms with E-state index in [0.717, 1.165) is 25.8 Å². The van der Waals surface area contributed by atoms with Crippen LogP contribution in [0.5, 0.6) is 0 Å². The maximum atomic E-state index is 4.43. The molecule has 0 unspecified atom stereocenters. The van der Waals surface area contributed by atoms with Gasteiger partial charge >= 0.3 is 0 Å². The zero-order valence-corrected chi connectivity index (χ0v) is 8.35. The van der Waals surface area contributed by atoms with Crippen LogP contribution in [0.2, 0.25) is 0 Å². The van der Waals surface area contributed by atoms with Crippen molar-refractivity contribution in [1.82, 2.24) is 15.3 Å². The molecule has 1 aromatic heterocycles. The summed E-state index contributed by atoms with van der Waals surface area (Å²) in [6, 6.07) is 0. The Morgan fingerprint density at radius 3 is 2.92 bits per heavy atom. The average molecular weight is 179 g/mol. The first-order valence-electron chi connectivity index (χ1n) is 5.10. The van der Waals surface area contributed by atoms with Crippen molar-refractivity contribution in [2.75, 3.05) is 6.54 Å². The highest BCUT2D eigenvalue weighted by molar-refractivity contribution is 5.24. The van der Waals surface area contributed by atoms with Crippen LogP contribution in [-0.4, -0.2) is 16.5 Å². The van der Waals surface area contributed by atoms with Gasteiger partial charge in [0, 0.05) is 18.7 Å². The number of aromatic nitrogens is 2. The second-order valence-corrected chi connectivity index (χ2v) is 3.70. The fourth-order valence-corrected chi connectivity index (χ4v) is 2.27. The largest absolute Gasteiger partial charge is 0.348 e. The predicted molar refractivity (Wildman–Crippen MR) is 52.6 cm³/mol. The maximum Gasteiger partial charge on any atom is 0.0926 e. The molecule has 0 aromatic carbocycles. The van der Waals surface area contributed by atoms with Crippen LogP contribution in [-0.2, 0) is 12.0 Å². The van der Waals surface area contributed by atoms with Crippen molar-refractivity contribution in [2.45, 2.75) is 38.6 Å². The highest BCUT2D eigenvalue weighted by atomic mass is 15.1. The lowest BCUT2D eigenvalue weighted by atomic mass is 9.84. The lowest BCUT2D eigenvalue weighted by molar-refractivity contribution is 0.284. The van der Waals surface area contributed by atoms with E-state index in [2.05, 4.69) is 29.1 Å². The minimum atomic E-state index is 0.133. The molecule has 0 bridgehead atoms. The molecule has 0 saturated heterocycles. The van der Waals surface area contributed by atoms with E-state index in [1.54, 1.807) is 0 Å². The first-order valence-corrected chi connectivity index (χ1v) is 5.10. The van der Waals surface area contributed by atoms with E-state index in [9.17, 15) is 0 Å². The lowest BCUT2D eigenvalue weighted by Gasteiger charge is -2.35. The fourth-order valence-electron chi connectivity index (χ4n) is 2.27. The van der Waals surface area contributed by atoms with Gasteiger partial charge in [-0.25, -0.2) is 4.98 Å². The molecule has 0 atom stereocenters. The third-order valence-corrected chi connectivity index (χ3v) is 3.22. The van der Waals surface area contributed by atoms with Crippen LogP contribution in [0.25, 0.3) is 0 Å². The highest BCUT2D eigenvalue weighted by Crippen LogP contribution is 2.31. The Labute approximate surface area is 79.0 Å². The molecule has 0 spiro atoms. The summed E-state index contributed by atoms with van der Waals surface area (Å²) in [6.07, 6.45) is 5.12. The zero-order chi connectivity index (χ0) is 9.31. The van der Waals surface area contributed by atoms with Gasteiger partial charge in [-0.2, -0.15) is 0 Å². The van der Waals surface area contributed by atoms with Crippen molar-refractivity contribution in [2.24, 2.45) is 0 Å². The van der Waals surface area contributed by atoms with E-state index in [1.165, 1.54) is 11.4 Å². The van der Waals surface area contributed by atoms with E-state index in [1.807, 2.05) is 6.33 Å². The molecule has 3 nitrogen and oxygen atoms in total. The van der Waals surface area contributed by atoms with Gasteiger partial charge in [-0.05, 0) is 12.8 Å². The molecule has 1 aliphatic rings. The molecule has 0 aliphatic carbocycles. The summed E-state index contributed by atoms with van der Waals surface area (Å²) in [6.45, 7) is 5.51. The summed E-state index contributed by atoms with van der Waals surface area (Å²) in [4.78, 5) is 7.66. The molecule has 2 rings (SSSR count). The number of H-pyrrole nitrogens is 1. The molecule has 1 aromatic rings. The number of nitrogens with one attached hydrogen (secondary N) is 2. The van der Waals surface area contributed by atoms with E-state index in [-0.39, 0.29) is 5.54 Å². The Hall–Kier alpha value is -0.830. The van der Waals surface area contributed by atoms with Crippen molar-refractivity contribution in [3.05, 3.63) is 17.7 Å². The van der Waals surface area contributed by atoms with Gasteiger partial charge in [-0.3, -0.25) is 0 Å². The topological polar surface area (TPSA) is 40.7 Å². The van der Waals surface area contributed by atoms with Crippen LogP contribution < -0.4 is 5.32 Å². The van der Waals surface area contributed by atoms with Gasteiger partial charge in [0.2, 0.25) is 0 Å². The molecular formula is C10H17N3. The summed E-state index contributed by atoms with van der Waals surface area (Å²) >= 11 is 0. The summed E-state index contributed by atoms with van der Waals surface area (Å²) in [7, 11) is 0. The van der Waals surface area contributed by atoms with Gasteiger partial charge < -0.3 is 10.3 Å². The lowest BCUT2D eigenvalue weighted by Crippen LogP contribution is -2.46. The van der Waals surface area contributed by atoms with Gasteiger partial charge in [-0.1, -0.05) is 13.8 Å².